The summed E-state index contributed by atoms with van der Waals surface area (Å²) in [6, 6.07) is 10.2. The topological polar surface area (TPSA) is 35.6 Å². The number of anilines is 1. The summed E-state index contributed by atoms with van der Waals surface area (Å²) in [6.45, 7) is 7.76. The second kappa shape index (κ2) is 8.30. The van der Waals surface area contributed by atoms with Crippen LogP contribution in [0.5, 0.6) is 0 Å². The molecule has 0 radical (unpaired) electrons. The van der Waals surface area contributed by atoms with Crippen LogP contribution in [0.3, 0.4) is 0 Å². The van der Waals surface area contributed by atoms with E-state index >= 15 is 0 Å². The zero-order chi connectivity index (χ0) is 15.9. The van der Waals surface area contributed by atoms with E-state index in [4.69, 9.17) is 0 Å². The highest BCUT2D eigenvalue weighted by molar-refractivity contribution is 5.95. The molecule has 1 saturated heterocycles. The molecule has 1 N–H and O–H groups in total. The van der Waals surface area contributed by atoms with Crippen LogP contribution < -0.4 is 10.2 Å². The fourth-order valence-corrected chi connectivity index (χ4v) is 3.34. The molecule has 0 saturated carbocycles. The first-order chi connectivity index (χ1) is 10.6. The molecule has 22 heavy (non-hydrogen) atoms. The summed E-state index contributed by atoms with van der Waals surface area (Å²) >= 11 is 0. The minimum absolute atomic E-state index is 0.174. The molecule has 1 aromatic carbocycles. The van der Waals surface area contributed by atoms with Gasteiger partial charge in [-0.3, -0.25) is 9.69 Å². The van der Waals surface area contributed by atoms with Crippen LogP contribution in [0.15, 0.2) is 30.3 Å². The standard InChI is InChI=1S/C18H29N3O/c1-15(2)21(17-9-5-4-6-10-17)18(22)14-20-11-7-8-16(13-20)12-19-3/h4-6,9-10,15-16,19H,7-8,11-14H2,1-3H3. The lowest BCUT2D eigenvalue weighted by atomic mass is 9.98. The maximum absolute atomic E-state index is 12.8. The number of amides is 1. The molecule has 1 unspecified atom stereocenters. The van der Waals surface area contributed by atoms with Crippen molar-refractivity contribution >= 4 is 11.6 Å². The first-order valence-electron chi connectivity index (χ1n) is 8.36. The third kappa shape index (κ3) is 4.55. The van der Waals surface area contributed by atoms with Gasteiger partial charge in [0.15, 0.2) is 0 Å². The Morgan fingerprint density at radius 3 is 2.73 bits per heavy atom. The Hall–Kier alpha value is -1.39. The fraction of sp³-hybridized carbons (Fsp3) is 0.611. The number of nitrogens with one attached hydrogen (secondary N) is 1. The molecule has 0 bridgehead atoms. The summed E-state index contributed by atoms with van der Waals surface area (Å²) in [4.78, 5) is 17.0. The van der Waals surface area contributed by atoms with E-state index < -0.39 is 0 Å². The van der Waals surface area contributed by atoms with Gasteiger partial charge in [0.25, 0.3) is 0 Å². The number of piperidine rings is 1. The molecule has 1 heterocycles. The molecular formula is C18H29N3O. The maximum atomic E-state index is 12.8. The molecule has 1 aliphatic heterocycles. The van der Waals surface area contributed by atoms with Crippen molar-refractivity contribution in [2.45, 2.75) is 32.7 Å². The average molecular weight is 303 g/mol. The molecule has 2 rings (SSSR count). The van der Waals surface area contributed by atoms with Crippen LogP contribution in [0.2, 0.25) is 0 Å². The monoisotopic (exact) mass is 303 g/mol. The van der Waals surface area contributed by atoms with E-state index in [0.29, 0.717) is 12.5 Å². The van der Waals surface area contributed by atoms with Crippen LogP contribution >= 0.6 is 0 Å². The third-order valence-electron chi connectivity index (χ3n) is 4.27. The number of hydrogen-bond donors (Lipinski definition) is 1. The van der Waals surface area contributed by atoms with Gasteiger partial charge >= 0.3 is 0 Å². The summed E-state index contributed by atoms with van der Waals surface area (Å²) in [5.74, 6) is 0.863. The van der Waals surface area contributed by atoms with Crippen LogP contribution in [0.4, 0.5) is 5.69 Å². The van der Waals surface area contributed by atoms with Crippen LogP contribution in [0.1, 0.15) is 26.7 Å². The van der Waals surface area contributed by atoms with Crippen molar-refractivity contribution in [3.63, 3.8) is 0 Å². The Labute approximate surface area is 134 Å². The molecule has 0 aromatic heterocycles. The zero-order valence-electron chi connectivity index (χ0n) is 14.1. The Morgan fingerprint density at radius 2 is 2.09 bits per heavy atom. The lowest BCUT2D eigenvalue weighted by Crippen LogP contribution is -2.47. The van der Waals surface area contributed by atoms with Gasteiger partial charge in [-0.2, -0.15) is 0 Å². The number of hydrogen-bond acceptors (Lipinski definition) is 3. The zero-order valence-corrected chi connectivity index (χ0v) is 14.1. The lowest BCUT2D eigenvalue weighted by molar-refractivity contribution is -0.120. The van der Waals surface area contributed by atoms with E-state index in [9.17, 15) is 4.79 Å². The van der Waals surface area contributed by atoms with Gasteiger partial charge in [-0.25, -0.2) is 0 Å². The summed E-state index contributed by atoms with van der Waals surface area (Å²) in [7, 11) is 2.00. The molecule has 122 valence electrons. The average Bonchev–Trinajstić information content (AvgIpc) is 2.48. The Morgan fingerprint density at radius 1 is 1.36 bits per heavy atom. The van der Waals surface area contributed by atoms with E-state index in [2.05, 4.69) is 24.1 Å². The first kappa shape index (κ1) is 17.0. The predicted molar refractivity (Wildman–Crippen MR) is 92.2 cm³/mol. The normalized spacial score (nSPS) is 19.4. The van der Waals surface area contributed by atoms with Gasteiger partial charge in [0, 0.05) is 18.3 Å². The smallest absolute Gasteiger partial charge is 0.241 e. The number of nitrogens with zero attached hydrogens (tertiary/aromatic N) is 2. The summed E-state index contributed by atoms with van der Waals surface area (Å²) < 4.78 is 0. The van der Waals surface area contributed by atoms with Gasteiger partial charge in [-0.1, -0.05) is 18.2 Å². The lowest BCUT2D eigenvalue weighted by Gasteiger charge is -2.35. The van der Waals surface area contributed by atoms with Crippen LogP contribution in [-0.2, 0) is 4.79 Å². The number of para-hydroxylation sites is 1. The quantitative estimate of drug-likeness (QED) is 0.876. The molecule has 4 heteroatoms. The van der Waals surface area contributed by atoms with Gasteiger partial charge < -0.3 is 10.2 Å². The molecule has 4 nitrogen and oxygen atoms in total. The second-order valence-electron chi connectivity index (χ2n) is 6.49. The minimum Gasteiger partial charge on any atom is -0.319 e. The second-order valence-corrected chi connectivity index (χ2v) is 6.49. The van der Waals surface area contributed by atoms with Crippen LogP contribution in [-0.4, -0.2) is 50.1 Å². The molecule has 1 atom stereocenters. The summed E-state index contributed by atoms with van der Waals surface area (Å²) in [6.07, 6.45) is 2.45. The number of rotatable bonds is 6. The molecule has 1 aliphatic rings. The van der Waals surface area contributed by atoms with Gasteiger partial charge in [0.05, 0.1) is 6.54 Å². The van der Waals surface area contributed by atoms with Crippen LogP contribution in [0.25, 0.3) is 0 Å². The van der Waals surface area contributed by atoms with Gasteiger partial charge in [-0.05, 0) is 64.9 Å². The fourth-order valence-electron chi connectivity index (χ4n) is 3.34. The molecular weight excluding hydrogens is 274 g/mol. The molecule has 1 amide bonds. The number of carbonyl (C=O) groups is 1. The Balaban J connectivity index is 1.99. The van der Waals surface area contributed by atoms with Gasteiger partial charge in [0.1, 0.15) is 0 Å². The third-order valence-corrected chi connectivity index (χ3v) is 4.27. The molecule has 1 fully saturated rings. The largest absolute Gasteiger partial charge is 0.319 e. The number of likely N-dealkylation sites (tertiary alicyclic amines) is 1. The highest BCUT2D eigenvalue weighted by Gasteiger charge is 2.25. The van der Waals surface area contributed by atoms with Crippen molar-refractivity contribution in [3.8, 4) is 0 Å². The van der Waals surface area contributed by atoms with E-state index in [1.165, 1.54) is 12.8 Å². The predicted octanol–water partition coefficient (Wildman–Crippen LogP) is 2.36. The van der Waals surface area contributed by atoms with E-state index in [1.54, 1.807) is 0 Å². The van der Waals surface area contributed by atoms with E-state index in [-0.39, 0.29) is 11.9 Å². The van der Waals surface area contributed by atoms with Crippen molar-refractivity contribution in [2.75, 3.05) is 38.1 Å². The summed E-state index contributed by atoms with van der Waals surface area (Å²) in [5.41, 5.74) is 0.992. The minimum atomic E-state index is 0.174. The van der Waals surface area contributed by atoms with Crippen molar-refractivity contribution in [1.82, 2.24) is 10.2 Å². The molecule has 0 aliphatic carbocycles. The highest BCUT2D eigenvalue weighted by atomic mass is 16.2. The van der Waals surface area contributed by atoms with Gasteiger partial charge in [0.2, 0.25) is 5.91 Å². The Kier molecular flexibility index (Phi) is 6.40. The number of carbonyl (C=O) groups excluding carboxylic acids is 1. The van der Waals surface area contributed by atoms with E-state index in [1.807, 2.05) is 42.3 Å². The van der Waals surface area contributed by atoms with Gasteiger partial charge in [-0.15, -0.1) is 0 Å². The van der Waals surface area contributed by atoms with Crippen molar-refractivity contribution in [1.29, 1.82) is 0 Å². The highest BCUT2D eigenvalue weighted by Crippen LogP contribution is 2.19. The van der Waals surface area contributed by atoms with Crippen LogP contribution in [0, 0.1) is 5.92 Å². The first-order valence-corrected chi connectivity index (χ1v) is 8.36. The maximum Gasteiger partial charge on any atom is 0.241 e. The number of benzene rings is 1. The SMILES string of the molecule is CNCC1CCCN(CC(=O)N(c2ccccc2)C(C)C)C1. The van der Waals surface area contributed by atoms with Crippen molar-refractivity contribution in [3.05, 3.63) is 30.3 Å². The van der Waals surface area contributed by atoms with E-state index in [0.717, 1.165) is 25.3 Å². The Bertz CT molecular complexity index is 459. The van der Waals surface area contributed by atoms with Crippen molar-refractivity contribution in [2.24, 2.45) is 5.92 Å². The summed E-state index contributed by atoms with van der Waals surface area (Å²) in [5, 5.41) is 3.26. The van der Waals surface area contributed by atoms with Crippen molar-refractivity contribution < 1.29 is 4.79 Å². The molecule has 0 spiro atoms. The molecule has 1 aromatic rings.